The van der Waals surface area contributed by atoms with E-state index in [1.54, 1.807) is 12.3 Å². The number of carbonyl (C=O) groups excluding carboxylic acids is 1. The van der Waals surface area contributed by atoms with Crippen molar-refractivity contribution in [3.63, 3.8) is 0 Å². The second kappa shape index (κ2) is 3.55. The average molecular weight is 205 g/mol. The van der Waals surface area contributed by atoms with Crippen LogP contribution in [0.15, 0.2) is 31.0 Å². The number of pyridine rings is 1. The van der Waals surface area contributed by atoms with Crippen LogP contribution in [0.25, 0.3) is 10.3 Å². The van der Waals surface area contributed by atoms with Crippen LogP contribution in [0, 0.1) is 0 Å². The van der Waals surface area contributed by atoms with Gasteiger partial charge >= 0.3 is 0 Å². The maximum atomic E-state index is 11.0. The molecule has 2 aromatic rings. The van der Waals surface area contributed by atoms with Gasteiger partial charge in [-0.15, -0.1) is 0 Å². The van der Waals surface area contributed by atoms with Crippen LogP contribution in [0.1, 0.15) is 0 Å². The highest BCUT2D eigenvalue weighted by Gasteiger charge is 2.04. The van der Waals surface area contributed by atoms with Crippen molar-refractivity contribution in [2.75, 3.05) is 5.32 Å². The summed E-state index contributed by atoms with van der Waals surface area (Å²) in [6.45, 7) is 3.36. The van der Waals surface area contributed by atoms with E-state index in [0.29, 0.717) is 5.13 Å². The van der Waals surface area contributed by atoms with E-state index >= 15 is 0 Å². The minimum atomic E-state index is -0.260. The quantitative estimate of drug-likeness (QED) is 0.761. The summed E-state index contributed by atoms with van der Waals surface area (Å²) in [5.74, 6) is -0.260. The fourth-order valence-electron chi connectivity index (χ4n) is 0.980. The Morgan fingerprint density at radius 2 is 2.50 bits per heavy atom. The standard InChI is InChI=1S/C9H7N3OS/c1-2-7(13)12-9-11-6-4-3-5-10-8(6)14-9/h2-5H,1H2,(H,11,12,13). The lowest BCUT2D eigenvalue weighted by Crippen LogP contribution is -2.06. The Morgan fingerprint density at radius 3 is 3.21 bits per heavy atom. The van der Waals surface area contributed by atoms with Gasteiger partial charge in [-0.25, -0.2) is 9.97 Å². The molecule has 0 saturated carbocycles. The summed E-state index contributed by atoms with van der Waals surface area (Å²) in [5, 5.41) is 3.14. The van der Waals surface area contributed by atoms with Gasteiger partial charge in [0.25, 0.3) is 0 Å². The maximum Gasteiger partial charge on any atom is 0.249 e. The molecule has 2 aromatic heterocycles. The molecule has 0 radical (unpaired) electrons. The largest absolute Gasteiger partial charge is 0.298 e. The SMILES string of the molecule is C=CC(=O)Nc1nc2cccnc2s1. The van der Waals surface area contributed by atoms with E-state index in [-0.39, 0.29) is 5.91 Å². The van der Waals surface area contributed by atoms with Gasteiger partial charge in [-0.1, -0.05) is 17.9 Å². The third kappa shape index (κ3) is 1.62. The van der Waals surface area contributed by atoms with Crippen molar-refractivity contribution in [2.24, 2.45) is 0 Å². The molecule has 14 heavy (non-hydrogen) atoms. The van der Waals surface area contributed by atoms with Crippen molar-refractivity contribution < 1.29 is 4.79 Å². The summed E-state index contributed by atoms with van der Waals surface area (Å²) in [7, 11) is 0. The van der Waals surface area contributed by atoms with Gasteiger partial charge in [0.1, 0.15) is 10.3 Å². The predicted molar refractivity (Wildman–Crippen MR) is 56.2 cm³/mol. The summed E-state index contributed by atoms with van der Waals surface area (Å²) in [6.07, 6.45) is 2.90. The van der Waals surface area contributed by atoms with Crippen LogP contribution < -0.4 is 5.32 Å². The third-order valence-electron chi connectivity index (χ3n) is 1.58. The van der Waals surface area contributed by atoms with Crippen molar-refractivity contribution in [2.45, 2.75) is 0 Å². The van der Waals surface area contributed by atoms with Crippen molar-refractivity contribution in [3.05, 3.63) is 31.0 Å². The first kappa shape index (κ1) is 8.83. The van der Waals surface area contributed by atoms with Crippen LogP contribution in [-0.2, 0) is 4.79 Å². The van der Waals surface area contributed by atoms with Gasteiger partial charge in [0, 0.05) is 6.20 Å². The molecule has 0 aliphatic heterocycles. The van der Waals surface area contributed by atoms with Gasteiger partial charge in [-0.05, 0) is 18.2 Å². The number of hydrogen-bond acceptors (Lipinski definition) is 4. The summed E-state index contributed by atoms with van der Waals surface area (Å²) >= 11 is 1.34. The number of aromatic nitrogens is 2. The molecule has 1 N–H and O–H groups in total. The zero-order valence-electron chi connectivity index (χ0n) is 7.23. The molecule has 2 rings (SSSR count). The van der Waals surface area contributed by atoms with Gasteiger partial charge in [-0.2, -0.15) is 0 Å². The number of amides is 1. The molecule has 0 aliphatic carbocycles. The Labute approximate surface area is 84.3 Å². The van der Waals surface area contributed by atoms with E-state index in [9.17, 15) is 4.79 Å². The highest BCUT2D eigenvalue weighted by Crippen LogP contribution is 2.23. The molecule has 0 aliphatic rings. The molecule has 1 amide bonds. The van der Waals surface area contributed by atoms with Crippen molar-refractivity contribution >= 4 is 32.7 Å². The number of hydrogen-bond donors (Lipinski definition) is 1. The van der Waals surface area contributed by atoms with Crippen molar-refractivity contribution in [3.8, 4) is 0 Å². The van der Waals surface area contributed by atoms with Crippen LogP contribution in [0.5, 0.6) is 0 Å². The predicted octanol–water partition coefficient (Wildman–Crippen LogP) is 1.82. The lowest BCUT2D eigenvalue weighted by molar-refractivity contribution is -0.111. The molecule has 0 unspecified atom stereocenters. The molecule has 0 fully saturated rings. The minimum absolute atomic E-state index is 0.260. The van der Waals surface area contributed by atoms with Gasteiger partial charge < -0.3 is 0 Å². The third-order valence-corrected chi connectivity index (χ3v) is 2.48. The number of nitrogens with one attached hydrogen (secondary N) is 1. The van der Waals surface area contributed by atoms with Crippen molar-refractivity contribution in [1.82, 2.24) is 9.97 Å². The Morgan fingerprint density at radius 1 is 1.64 bits per heavy atom. The van der Waals surface area contributed by atoms with Crippen LogP contribution >= 0.6 is 11.3 Å². The molecule has 0 atom stereocenters. The van der Waals surface area contributed by atoms with E-state index in [1.165, 1.54) is 17.4 Å². The van der Waals surface area contributed by atoms with Gasteiger partial charge in [0.2, 0.25) is 5.91 Å². The van der Waals surface area contributed by atoms with Gasteiger partial charge in [0.15, 0.2) is 5.13 Å². The van der Waals surface area contributed by atoms with E-state index in [1.807, 2.05) is 6.07 Å². The number of fused-ring (bicyclic) bond motifs is 1. The zero-order valence-corrected chi connectivity index (χ0v) is 8.04. The Balaban J connectivity index is 2.35. The van der Waals surface area contributed by atoms with Crippen molar-refractivity contribution in [1.29, 1.82) is 0 Å². The van der Waals surface area contributed by atoms with Gasteiger partial charge in [-0.3, -0.25) is 10.1 Å². The molecular weight excluding hydrogens is 198 g/mol. The molecule has 4 nitrogen and oxygen atoms in total. The second-order valence-corrected chi connectivity index (χ2v) is 3.52. The molecule has 70 valence electrons. The average Bonchev–Trinajstić information content (AvgIpc) is 2.59. The maximum absolute atomic E-state index is 11.0. The fourth-order valence-corrected chi connectivity index (χ4v) is 1.79. The summed E-state index contributed by atoms with van der Waals surface area (Å²) in [4.78, 5) is 20.1. The lowest BCUT2D eigenvalue weighted by Gasteiger charge is -1.92. The fraction of sp³-hybridized carbons (Fsp3) is 0. The number of carbonyl (C=O) groups is 1. The van der Waals surface area contributed by atoms with Crippen LogP contribution in [0.3, 0.4) is 0 Å². The normalized spacial score (nSPS) is 10.0. The smallest absolute Gasteiger partial charge is 0.249 e. The number of rotatable bonds is 2. The van der Waals surface area contributed by atoms with E-state index in [0.717, 1.165) is 10.3 Å². The second-order valence-electron chi connectivity index (χ2n) is 2.54. The first-order chi connectivity index (χ1) is 6.79. The number of nitrogens with zero attached hydrogens (tertiary/aromatic N) is 2. The van der Waals surface area contributed by atoms with E-state index in [4.69, 9.17) is 0 Å². The molecule has 0 bridgehead atoms. The summed E-state index contributed by atoms with van der Waals surface area (Å²) < 4.78 is 0. The Hall–Kier alpha value is -1.75. The highest BCUT2D eigenvalue weighted by atomic mass is 32.1. The van der Waals surface area contributed by atoms with E-state index in [2.05, 4.69) is 21.9 Å². The monoisotopic (exact) mass is 205 g/mol. The lowest BCUT2D eigenvalue weighted by atomic mass is 10.5. The molecule has 5 heteroatoms. The molecular formula is C9H7N3OS. The van der Waals surface area contributed by atoms with Gasteiger partial charge in [0.05, 0.1) is 0 Å². The van der Waals surface area contributed by atoms with Crippen LogP contribution in [0.4, 0.5) is 5.13 Å². The first-order valence-corrected chi connectivity index (χ1v) is 4.76. The summed E-state index contributed by atoms with van der Waals surface area (Å²) in [6, 6.07) is 3.66. The number of thiazole rings is 1. The molecule has 0 aromatic carbocycles. The molecule has 0 spiro atoms. The Kier molecular flexibility index (Phi) is 2.24. The van der Waals surface area contributed by atoms with Crippen LogP contribution in [-0.4, -0.2) is 15.9 Å². The molecule has 2 heterocycles. The Bertz CT molecular complexity index is 459. The first-order valence-electron chi connectivity index (χ1n) is 3.94. The minimum Gasteiger partial charge on any atom is -0.298 e. The zero-order chi connectivity index (χ0) is 9.97. The molecule has 0 saturated heterocycles. The summed E-state index contributed by atoms with van der Waals surface area (Å²) in [5.41, 5.74) is 0.789. The van der Waals surface area contributed by atoms with Crippen LogP contribution in [0.2, 0.25) is 0 Å². The van der Waals surface area contributed by atoms with E-state index < -0.39 is 0 Å². The number of anilines is 1. The highest BCUT2D eigenvalue weighted by molar-refractivity contribution is 7.21. The topological polar surface area (TPSA) is 54.9 Å².